The monoisotopic (exact) mass is 552 g/mol. The van der Waals surface area contributed by atoms with E-state index in [-0.39, 0.29) is 23.2 Å². The average molecular weight is 553 g/mol. The summed E-state index contributed by atoms with van der Waals surface area (Å²) in [6.07, 6.45) is 4.47. The van der Waals surface area contributed by atoms with Gasteiger partial charge in [0, 0.05) is 42.1 Å². The number of carbonyl (C=O) groups is 1. The highest BCUT2D eigenvalue weighted by Gasteiger charge is 2.31. The fourth-order valence-corrected chi connectivity index (χ4v) is 5.24. The van der Waals surface area contributed by atoms with E-state index in [9.17, 15) is 9.59 Å². The van der Waals surface area contributed by atoms with E-state index in [2.05, 4.69) is 34.4 Å². The van der Waals surface area contributed by atoms with E-state index < -0.39 is 6.04 Å². The summed E-state index contributed by atoms with van der Waals surface area (Å²) >= 11 is 0. The summed E-state index contributed by atoms with van der Waals surface area (Å²) in [5.41, 5.74) is 11.6. The Morgan fingerprint density at radius 3 is 2.34 bits per heavy atom. The predicted octanol–water partition coefficient (Wildman–Crippen LogP) is 3.49. The lowest BCUT2D eigenvalue weighted by Crippen LogP contribution is -2.36. The predicted molar refractivity (Wildman–Crippen MR) is 159 cm³/mol. The molecule has 0 spiro atoms. The largest absolute Gasteiger partial charge is 0.384 e. The van der Waals surface area contributed by atoms with Gasteiger partial charge >= 0.3 is 0 Å². The lowest BCUT2D eigenvalue weighted by molar-refractivity contribution is -0.124. The highest BCUT2D eigenvalue weighted by molar-refractivity contribution is 5.81. The Hall–Kier alpha value is -4.60. The highest BCUT2D eigenvalue weighted by atomic mass is 16.2. The summed E-state index contributed by atoms with van der Waals surface area (Å²) in [5.74, 6) is 0.239. The van der Waals surface area contributed by atoms with Gasteiger partial charge in [-0.15, -0.1) is 0 Å². The summed E-state index contributed by atoms with van der Waals surface area (Å²) in [5, 5.41) is 6.24. The maximum absolute atomic E-state index is 13.6. The second-order valence-electron chi connectivity index (χ2n) is 10.3. The van der Waals surface area contributed by atoms with Crippen LogP contribution < -0.4 is 21.9 Å². The summed E-state index contributed by atoms with van der Waals surface area (Å²) in [6, 6.07) is 15.0. The molecule has 4 aromatic rings. The summed E-state index contributed by atoms with van der Waals surface area (Å²) in [4.78, 5) is 45.3. The van der Waals surface area contributed by atoms with Gasteiger partial charge in [0.1, 0.15) is 11.9 Å². The van der Waals surface area contributed by atoms with Crippen molar-refractivity contribution < 1.29 is 4.79 Å². The second kappa shape index (κ2) is 12.3. The van der Waals surface area contributed by atoms with Gasteiger partial charge in [0.15, 0.2) is 5.82 Å². The molecular formula is C31H36N8O2. The number of anilines is 2. The Morgan fingerprint density at radius 1 is 1.02 bits per heavy atom. The van der Waals surface area contributed by atoms with Crippen LogP contribution in [0.15, 0.2) is 59.5 Å². The van der Waals surface area contributed by atoms with E-state index in [1.807, 2.05) is 49.4 Å². The molecule has 1 aliphatic heterocycles. The third-order valence-electron chi connectivity index (χ3n) is 7.60. The van der Waals surface area contributed by atoms with Crippen LogP contribution in [0.4, 0.5) is 11.6 Å². The van der Waals surface area contributed by atoms with E-state index in [1.165, 1.54) is 0 Å². The van der Waals surface area contributed by atoms with Crippen molar-refractivity contribution in [3.05, 3.63) is 105 Å². The van der Waals surface area contributed by atoms with Crippen LogP contribution in [0, 0.1) is 6.92 Å². The van der Waals surface area contributed by atoms with Crippen molar-refractivity contribution in [2.75, 3.05) is 17.6 Å². The molecule has 4 N–H and O–H groups in total. The zero-order valence-corrected chi connectivity index (χ0v) is 23.7. The number of carbonyl (C=O) groups excluding carboxylic acids is 1. The number of nitrogens with zero attached hydrogens (tertiary/aromatic N) is 5. The molecule has 41 heavy (non-hydrogen) atoms. The Bertz CT molecular complexity index is 1570. The Kier molecular flexibility index (Phi) is 8.37. The van der Waals surface area contributed by atoms with Crippen LogP contribution in [0.3, 0.4) is 0 Å². The first-order valence-corrected chi connectivity index (χ1v) is 14.1. The van der Waals surface area contributed by atoms with Crippen molar-refractivity contribution in [3.8, 4) is 0 Å². The third kappa shape index (κ3) is 6.11. The number of rotatable bonds is 10. The first-order chi connectivity index (χ1) is 19.9. The van der Waals surface area contributed by atoms with Crippen LogP contribution >= 0.6 is 0 Å². The Morgan fingerprint density at radius 2 is 1.71 bits per heavy atom. The van der Waals surface area contributed by atoms with Gasteiger partial charge < -0.3 is 16.4 Å². The zero-order chi connectivity index (χ0) is 28.9. The summed E-state index contributed by atoms with van der Waals surface area (Å²) < 4.78 is 1.57. The quantitative estimate of drug-likeness (QED) is 0.272. The molecule has 0 saturated heterocycles. The molecule has 5 rings (SSSR count). The summed E-state index contributed by atoms with van der Waals surface area (Å²) in [6.45, 7) is 6.69. The molecule has 10 heteroatoms. The maximum Gasteiger partial charge on any atom is 0.294 e. The van der Waals surface area contributed by atoms with Crippen LogP contribution in [0.2, 0.25) is 0 Å². The molecule has 4 aromatic heterocycles. The lowest BCUT2D eigenvalue weighted by atomic mass is 9.98. The number of hydrogen-bond donors (Lipinski definition) is 3. The molecule has 10 nitrogen and oxygen atoms in total. The number of pyridine rings is 3. The lowest BCUT2D eigenvalue weighted by Gasteiger charge is -2.20. The fraction of sp³-hybridized carbons (Fsp3) is 0.355. The van der Waals surface area contributed by atoms with Crippen molar-refractivity contribution in [1.29, 1.82) is 0 Å². The van der Waals surface area contributed by atoms with Crippen LogP contribution in [0.1, 0.15) is 72.0 Å². The van der Waals surface area contributed by atoms with Crippen molar-refractivity contribution in [1.82, 2.24) is 29.8 Å². The minimum Gasteiger partial charge on any atom is -0.384 e. The second-order valence-corrected chi connectivity index (χ2v) is 10.3. The van der Waals surface area contributed by atoms with Gasteiger partial charge in [0.2, 0.25) is 5.91 Å². The number of aryl methyl sites for hydroxylation is 4. The zero-order valence-electron chi connectivity index (χ0n) is 23.7. The maximum atomic E-state index is 13.6. The van der Waals surface area contributed by atoms with Gasteiger partial charge in [-0.25, -0.2) is 9.97 Å². The molecule has 0 aromatic carbocycles. The molecule has 1 atom stereocenters. The normalized spacial score (nSPS) is 14.2. The Balaban J connectivity index is 1.37. The number of nitrogen functional groups attached to an aromatic ring is 1. The fourth-order valence-electron chi connectivity index (χ4n) is 5.24. The number of nitrogens with one attached hydrogen (secondary N) is 2. The van der Waals surface area contributed by atoms with Gasteiger partial charge in [-0.05, 0) is 68.5 Å². The number of aromatic nitrogens is 5. The van der Waals surface area contributed by atoms with E-state index in [4.69, 9.17) is 15.7 Å². The number of amides is 1. The van der Waals surface area contributed by atoms with Crippen molar-refractivity contribution in [3.63, 3.8) is 0 Å². The molecule has 5 heterocycles. The van der Waals surface area contributed by atoms with E-state index in [0.717, 1.165) is 52.6 Å². The third-order valence-corrected chi connectivity index (χ3v) is 7.60. The van der Waals surface area contributed by atoms with E-state index in [1.54, 1.807) is 16.8 Å². The summed E-state index contributed by atoms with van der Waals surface area (Å²) in [7, 11) is 0. The molecular weight excluding hydrogens is 516 g/mol. The van der Waals surface area contributed by atoms with Gasteiger partial charge in [-0.2, -0.15) is 0 Å². The number of nitrogens with two attached hydrogens (primary N) is 1. The van der Waals surface area contributed by atoms with Crippen LogP contribution in [-0.2, 0) is 30.6 Å². The molecule has 0 radical (unpaired) electrons. The average Bonchev–Trinajstić information content (AvgIpc) is 3.43. The molecule has 0 fully saturated rings. The molecule has 0 bridgehead atoms. The van der Waals surface area contributed by atoms with Gasteiger partial charge in [0.05, 0.1) is 17.3 Å². The van der Waals surface area contributed by atoms with Gasteiger partial charge in [-0.1, -0.05) is 32.0 Å². The minimum atomic E-state index is -0.607. The number of fused-ring (bicyclic) bond motifs is 1. The SMILES string of the molecule is CCc1cccc(C(CNc2ncc3n(c2=O)[C@H](C(=O)NCc2ccc(N)nc2C)CC3)c2cccc(CC)n2)n1. The van der Waals surface area contributed by atoms with Gasteiger partial charge in [0.25, 0.3) is 5.56 Å². The standard InChI is InChI=1S/C31H36N8O2/c1-4-21-8-6-10-25(37-21)24(26-11-7-9-22(5-2)38-26)18-34-29-31(41)39-23(17-33-29)13-14-27(39)30(40)35-16-20-12-15-28(32)36-19(20)3/h6-12,15,17,24,27H,4-5,13-14,16,18H2,1-3H3,(H2,32,36)(H,33,34)(H,35,40)/t27-/m0/s1. The first kappa shape index (κ1) is 27.9. The number of hydrogen-bond acceptors (Lipinski definition) is 8. The molecule has 1 aliphatic rings. The molecule has 0 unspecified atom stereocenters. The van der Waals surface area contributed by atoms with Crippen LogP contribution in [0.25, 0.3) is 0 Å². The first-order valence-electron chi connectivity index (χ1n) is 14.1. The van der Waals surface area contributed by atoms with Crippen molar-refractivity contribution in [2.24, 2.45) is 0 Å². The van der Waals surface area contributed by atoms with E-state index >= 15 is 0 Å². The molecule has 0 saturated carbocycles. The highest BCUT2D eigenvalue weighted by Crippen LogP contribution is 2.26. The smallest absolute Gasteiger partial charge is 0.294 e. The molecule has 0 aliphatic carbocycles. The van der Waals surface area contributed by atoms with Crippen molar-refractivity contribution >= 4 is 17.5 Å². The Labute approximate surface area is 239 Å². The van der Waals surface area contributed by atoms with Gasteiger partial charge in [-0.3, -0.25) is 24.1 Å². The molecule has 1 amide bonds. The molecule has 212 valence electrons. The topological polar surface area (TPSA) is 141 Å². The van der Waals surface area contributed by atoms with Crippen molar-refractivity contribution in [2.45, 2.75) is 65.0 Å². The van der Waals surface area contributed by atoms with E-state index in [0.29, 0.717) is 31.7 Å². The van der Waals surface area contributed by atoms with Crippen LogP contribution in [-0.4, -0.2) is 37.0 Å². The minimum absolute atomic E-state index is 0.191. The van der Waals surface area contributed by atoms with Crippen LogP contribution in [0.5, 0.6) is 0 Å².